The summed E-state index contributed by atoms with van der Waals surface area (Å²) in [5.41, 5.74) is 3.94. The van der Waals surface area contributed by atoms with E-state index in [0.29, 0.717) is 6.04 Å². The molecule has 0 spiro atoms. The van der Waals surface area contributed by atoms with Gasteiger partial charge < -0.3 is 25.0 Å². The van der Waals surface area contributed by atoms with Gasteiger partial charge in [-0.2, -0.15) is 0 Å². The van der Waals surface area contributed by atoms with Crippen LogP contribution < -0.4 is 20.1 Å². The number of pyridine rings is 1. The molecule has 7 nitrogen and oxygen atoms in total. The van der Waals surface area contributed by atoms with Crippen molar-refractivity contribution in [2.75, 3.05) is 33.1 Å². The fraction of sp³-hybridized carbons (Fsp3) is 0.520. The van der Waals surface area contributed by atoms with Crippen molar-refractivity contribution in [2.45, 2.75) is 57.0 Å². The van der Waals surface area contributed by atoms with E-state index < -0.39 is 0 Å². The molecule has 32 heavy (non-hydrogen) atoms. The molecule has 2 aliphatic rings. The van der Waals surface area contributed by atoms with E-state index in [1.165, 1.54) is 5.56 Å². The van der Waals surface area contributed by atoms with Gasteiger partial charge in [0.15, 0.2) is 11.5 Å². The largest absolute Gasteiger partial charge is 0.493 e. The van der Waals surface area contributed by atoms with Gasteiger partial charge in [0.05, 0.1) is 14.2 Å². The van der Waals surface area contributed by atoms with Crippen molar-refractivity contribution >= 4 is 11.7 Å². The average molecular weight is 439 g/mol. The normalized spacial score (nSPS) is 25.2. The first-order valence-electron chi connectivity index (χ1n) is 11.3. The van der Waals surface area contributed by atoms with Gasteiger partial charge in [-0.3, -0.25) is 4.98 Å². The van der Waals surface area contributed by atoms with Gasteiger partial charge in [-0.25, -0.2) is 4.79 Å². The molecule has 0 radical (unpaired) electrons. The van der Waals surface area contributed by atoms with Gasteiger partial charge in [-0.1, -0.05) is 6.07 Å². The van der Waals surface area contributed by atoms with Crippen molar-refractivity contribution in [3.8, 4) is 11.5 Å². The van der Waals surface area contributed by atoms with Gasteiger partial charge in [0.1, 0.15) is 0 Å². The van der Waals surface area contributed by atoms with Gasteiger partial charge in [0, 0.05) is 34.6 Å². The van der Waals surface area contributed by atoms with Crippen molar-refractivity contribution < 1.29 is 14.3 Å². The van der Waals surface area contributed by atoms with Crippen LogP contribution >= 0.6 is 0 Å². The van der Waals surface area contributed by atoms with Crippen LogP contribution in [0.3, 0.4) is 0 Å². The topological polar surface area (TPSA) is 75.7 Å². The first-order valence-corrected chi connectivity index (χ1v) is 11.3. The van der Waals surface area contributed by atoms with E-state index in [1.54, 1.807) is 14.2 Å². The Morgan fingerprint density at radius 2 is 1.81 bits per heavy atom. The maximum Gasteiger partial charge on any atom is 0.319 e. The van der Waals surface area contributed by atoms with Crippen molar-refractivity contribution in [2.24, 2.45) is 0 Å². The summed E-state index contributed by atoms with van der Waals surface area (Å²) >= 11 is 0. The van der Waals surface area contributed by atoms with E-state index in [-0.39, 0.29) is 17.5 Å². The minimum Gasteiger partial charge on any atom is -0.493 e. The molecule has 2 N–H and O–H groups in total. The molecule has 4 rings (SSSR count). The van der Waals surface area contributed by atoms with E-state index in [2.05, 4.69) is 39.7 Å². The van der Waals surface area contributed by atoms with Crippen LogP contribution in [-0.4, -0.2) is 55.8 Å². The van der Waals surface area contributed by atoms with Crippen LogP contribution in [0.2, 0.25) is 0 Å². The number of ether oxygens (including phenoxy) is 2. The highest BCUT2D eigenvalue weighted by Gasteiger charge is 2.50. The average Bonchev–Trinajstić information content (AvgIpc) is 3.09. The smallest absolute Gasteiger partial charge is 0.319 e. The predicted molar refractivity (Wildman–Crippen MR) is 126 cm³/mol. The summed E-state index contributed by atoms with van der Waals surface area (Å²) in [6, 6.07) is 10.5. The van der Waals surface area contributed by atoms with Crippen LogP contribution in [-0.2, 0) is 5.41 Å². The number of nitrogens with one attached hydrogen (secondary N) is 2. The monoisotopic (exact) mass is 438 g/mol. The van der Waals surface area contributed by atoms with Gasteiger partial charge in [-0.05, 0) is 83.0 Å². The highest BCUT2D eigenvalue weighted by molar-refractivity contribution is 5.89. The first-order chi connectivity index (χ1) is 15.3. The van der Waals surface area contributed by atoms with E-state index >= 15 is 0 Å². The molecule has 2 aromatic rings. The molecule has 1 saturated carbocycles. The van der Waals surface area contributed by atoms with Gasteiger partial charge in [0.25, 0.3) is 0 Å². The molecule has 1 aromatic carbocycles. The Kier molecular flexibility index (Phi) is 6.29. The quantitative estimate of drug-likeness (QED) is 0.737. The van der Waals surface area contributed by atoms with Gasteiger partial charge >= 0.3 is 6.03 Å². The Labute approximate surface area is 190 Å². The standard InChI is InChI=1S/C25H34N4O3/c1-16-12-20(13-17(2)26-16)28-24(30)27-19-8-9-25(10-11-29(3)23(25)15-19)18-6-7-21(31-4)22(14-18)32-5/h6-7,12-14,19,23H,8-11,15H2,1-5H3,(H2,26,27,28,30)/t19-,23+,25+/m1/s1. The number of aryl methyl sites for hydroxylation is 2. The van der Waals surface area contributed by atoms with Crippen LogP contribution in [0.15, 0.2) is 30.3 Å². The third kappa shape index (κ3) is 4.26. The van der Waals surface area contributed by atoms with Crippen molar-refractivity contribution in [1.82, 2.24) is 15.2 Å². The molecule has 2 fully saturated rings. The lowest BCUT2D eigenvalue weighted by atomic mass is 9.65. The molecule has 1 aliphatic heterocycles. The fourth-order valence-electron chi connectivity index (χ4n) is 5.65. The van der Waals surface area contributed by atoms with E-state index in [0.717, 1.165) is 60.8 Å². The number of methoxy groups -OCH3 is 2. The number of likely N-dealkylation sites (tertiary alicyclic amines) is 1. The molecule has 1 aromatic heterocycles. The van der Waals surface area contributed by atoms with Crippen LogP contribution in [0, 0.1) is 13.8 Å². The summed E-state index contributed by atoms with van der Waals surface area (Å²) in [4.78, 5) is 19.5. The summed E-state index contributed by atoms with van der Waals surface area (Å²) in [5.74, 6) is 1.53. The molecule has 3 atom stereocenters. The Balaban J connectivity index is 1.48. The number of carbonyl (C=O) groups excluding carboxylic acids is 1. The van der Waals surface area contributed by atoms with Crippen molar-refractivity contribution in [1.29, 1.82) is 0 Å². The second-order valence-corrected chi connectivity index (χ2v) is 9.18. The summed E-state index contributed by atoms with van der Waals surface area (Å²) < 4.78 is 11.0. The zero-order chi connectivity index (χ0) is 22.9. The SMILES string of the molecule is COc1ccc([C@@]23CC[C@@H](NC(=O)Nc4cc(C)nc(C)c4)C[C@@H]2N(C)CC3)cc1OC. The minimum absolute atomic E-state index is 0.0717. The molecule has 7 heteroatoms. The number of anilines is 1. The Morgan fingerprint density at radius 1 is 1.09 bits per heavy atom. The Morgan fingerprint density at radius 3 is 2.50 bits per heavy atom. The van der Waals surface area contributed by atoms with Crippen molar-refractivity contribution in [3.05, 3.63) is 47.3 Å². The highest BCUT2D eigenvalue weighted by atomic mass is 16.5. The molecular formula is C25H34N4O3. The number of hydrogen-bond acceptors (Lipinski definition) is 5. The van der Waals surface area contributed by atoms with Crippen LogP contribution in [0.5, 0.6) is 11.5 Å². The number of carbonyl (C=O) groups is 1. The second-order valence-electron chi connectivity index (χ2n) is 9.18. The summed E-state index contributed by atoms with van der Waals surface area (Å²) in [6.07, 6.45) is 4.00. The molecule has 1 aliphatic carbocycles. The van der Waals surface area contributed by atoms with E-state index in [9.17, 15) is 4.79 Å². The van der Waals surface area contributed by atoms with Gasteiger partial charge in [0.2, 0.25) is 0 Å². The van der Waals surface area contributed by atoms with Crippen LogP contribution in [0.4, 0.5) is 10.5 Å². The summed E-state index contributed by atoms with van der Waals surface area (Å²) in [6.45, 7) is 4.91. The molecule has 2 amide bonds. The first kappa shape index (κ1) is 22.4. The molecule has 172 valence electrons. The molecule has 2 heterocycles. The van der Waals surface area contributed by atoms with Crippen LogP contribution in [0.25, 0.3) is 0 Å². The fourth-order valence-corrected chi connectivity index (χ4v) is 5.65. The lowest BCUT2D eigenvalue weighted by Crippen LogP contribution is -2.52. The third-order valence-corrected chi connectivity index (χ3v) is 7.16. The number of urea groups is 1. The molecule has 0 unspecified atom stereocenters. The number of rotatable bonds is 5. The summed E-state index contributed by atoms with van der Waals surface area (Å²) in [7, 11) is 5.54. The Hall–Kier alpha value is -2.80. The van der Waals surface area contributed by atoms with Crippen molar-refractivity contribution in [3.63, 3.8) is 0 Å². The van der Waals surface area contributed by atoms with E-state index in [4.69, 9.17) is 9.47 Å². The lowest BCUT2D eigenvalue weighted by Gasteiger charge is -2.45. The number of likely N-dealkylation sites (N-methyl/N-ethyl adjacent to an activating group) is 1. The summed E-state index contributed by atoms with van der Waals surface area (Å²) in [5, 5.41) is 6.18. The number of nitrogens with zero attached hydrogens (tertiary/aromatic N) is 2. The number of fused-ring (bicyclic) bond motifs is 1. The number of benzene rings is 1. The van der Waals surface area contributed by atoms with Gasteiger partial charge in [-0.15, -0.1) is 0 Å². The lowest BCUT2D eigenvalue weighted by molar-refractivity contribution is 0.156. The number of aromatic nitrogens is 1. The van der Waals surface area contributed by atoms with E-state index in [1.807, 2.05) is 32.0 Å². The Bertz CT molecular complexity index is 975. The zero-order valence-electron chi connectivity index (χ0n) is 19.7. The third-order valence-electron chi connectivity index (χ3n) is 7.16. The number of amides is 2. The van der Waals surface area contributed by atoms with Crippen LogP contribution in [0.1, 0.15) is 42.6 Å². The maximum absolute atomic E-state index is 12.7. The molecular weight excluding hydrogens is 404 g/mol. The molecule has 1 saturated heterocycles. The highest BCUT2D eigenvalue weighted by Crippen LogP contribution is 2.49. The number of hydrogen-bond donors (Lipinski definition) is 2. The minimum atomic E-state index is -0.153. The second kappa shape index (κ2) is 8.98. The zero-order valence-corrected chi connectivity index (χ0v) is 19.7. The predicted octanol–water partition coefficient (Wildman–Crippen LogP) is 4.03. The molecule has 0 bridgehead atoms. The maximum atomic E-state index is 12.7.